The van der Waals surface area contributed by atoms with Gasteiger partial charge in [0.25, 0.3) is 0 Å². The van der Waals surface area contributed by atoms with E-state index in [0.717, 1.165) is 23.3 Å². The number of nitrogens with zero attached hydrogens (tertiary/aromatic N) is 5. The van der Waals surface area contributed by atoms with Crippen molar-refractivity contribution < 1.29 is 35.9 Å². The number of hydrogen-bond acceptors (Lipinski definition) is 7. The van der Waals surface area contributed by atoms with Crippen LogP contribution in [0.2, 0.25) is 0 Å². The number of carbonyl (C=O) groups is 1. The van der Waals surface area contributed by atoms with Crippen LogP contribution in [0, 0.1) is 5.82 Å². The molecule has 48 heavy (non-hydrogen) atoms. The van der Waals surface area contributed by atoms with Gasteiger partial charge in [-0.15, -0.1) is 5.10 Å². The Balaban J connectivity index is 1.20. The molecule has 9 nitrogen and oxygen atoms in total. The summed E-state index contributed by atoms with van der Waals surface area (Å²) in [6, 6.07) is 15.8. The van der Waals surface area contributed by atoms with Crippen molar-refractivity contribution in [1.82, 2.24) is 25.6 Å². The molecule has 1 aromatic heterocycles. The molecule has 1 atom stereocenters. The van der Waals surface area contributed by atoms with Crippen LogP contribution in [0.15, 0.2) is 78.0 Å². The number of amidine groups is 1. The van der Waals surface area contributed by atoms with Crippen molar-refractivity contribution in [3.8, 4) is 22.8 Å². The monoisotopic (exact) mass is 707 g/mol. The number of anilines is 1. The molecule has 2 heterocycles. The molecule has 1 aliphatic heterocycles. The molecule has 1 amide bonds. The third-order valence-corrected chi connectivity index (χ3v) is 8.17. The van der Waals surface area contributed by atoms with Gasteiger partial charge in [0.2, 0.25) is 11.0 Å². The number of hydrogen-bond donors (Lipinski definition) is 2. The summed E-state index contributed by atoms with van der Waals surface area (Å²) < 4.78 is 82.8. The highest BCUT2D eigenvalue weighted by Gasteiger charge is 2.61. The third-order valence-electron chi connectivity index (χ3n) is 7.05. The van der Waals surface area contributed by atoms with Crippen molar-refractivity contribution in [2.45, 2.75) is 45.0 Å². The number of alkyl halides is 5. The molecule has 5 rings (SSSR count). The molecule has 0 aliphatic carbocycles. The summed E-state index contributed by atoms with van der Waals surface area (Å²) in [5, 5.41) is 4.77. The lowest BCUT2D eigenvalue weighted by Crippen LogP contribution is -2.41. The zero-order valence-corrected chi connectivity index (χ0v) is 27.1. The molecule has 2 N–H and O–H groups in total. The number of aromatic nitrogens is 3. The number of thiocarbonyl (C=S) groups is 1. The normalized spacial score (nSPS) is 15.3. The van der Waals surface area contributed by atoms with E-state index in [1.165, 1.54) is 51.9 Å². The molecule has 0 saturated carbocycles. The first kappa shape index (κ1) is 34.8. The van der Waals surface area contributed by atoms with E-state index in [1.54, 1.807) is 18.2 Å². The van der Waals surface area contributed by atoms with Crippen LogP contribution in [0.25, 0.3) is 17.1 Å². The fourth-order valence-electron chi connectivity index (χ4n) is 4.56. The van der Waals surface area contributed by atoms with Crippen molar-refractivity contribution in [3.05, 3.63) is 90.0 Å². The minimum atomic E-state index is -5.85. The van der Waals surface area contributed by atoms with E-state index in [4.69, 9.17) is 12.2 Å². The summed E-state index contributed by atoms with van der Waals surface area (Å²) in [5.41, 5.74) is 9.05. The molecular formula is C31H27F6N7O2S2. The summed E-state index contributed by atoms with van der Waals surface area (Å²) >= 11 is 6.60. The van der Waals surface area contributed by atoms with E-state index in [1.807, 2.05) is 32.9 Å². The Bertz CT molecular complexity index is 1830. The molecule has 1 unspecified atom stereocenters. The number of rotatable bonds is 9. The lowest BCUT2D eigenvalue weighted by Gasteiger charge is -2.22. The van der Waals surface area contributed by atoms with Gasteiger partial charge in [0, 0.05) is 11.6 Å². The maximum Gasteiger partial charge on any atom is 0.499 e. The number of amides is 1. The van der Waals surface area contributed by atoms with Gasteiger partial charge in [0.1, 0.15) is 17.9 Å². The van der Waals surface area contributed by atoms with E-state index in [9.17, 15) is 31.1 Å². The van der Waals surface area contributed by atoms with Gasteiger partial charge in [0.15, 0.2) is 11.0 Å². The lowest BCUT2D eigenvalue weighted by molar-refractivity contribution is -0.360. The van der Waals surface area contributed by atoms with Crippen molar-refractivity contribution in [3.63, 3.8) is 0 Å². The average Bonchev–Trinajstić information content (AvgIpc) is 3.66. The van der Waals surface area contributed by atoms with Crippen LogP contribution in [0.5, 0.6) is 5.75 Å². The summed E-state index contributed by atoms with van der Waals surface area (Å²) in [4.78, 5) is 22.8. The van der Waals surface area contributed by atoms with Gasteiger partial charge < -0.3 is 4.74 Å². The lowest BCUT2D eigenvalue weighted by atomic mass is 10.0. The Kier molecular flexibility index (Phi) is 10.1. The quantitative estimate of drug-likeness (QED) is 0.106. The van der Waals surface area contributed by atoms with Gasteiger partial charge in [0.05, 0.1) is 17.1 Å². The van der Waals surface area contributed by atoms with Crippen molar-refractivity contribution >= 4 is 45.9 Å². The molecule has 0 radical (unpaired) electrons. The Morgan fingerprint density at radius 2 is 1.71 bits per heavy atom. The Morgan fingerprint density at radius 3 is 2.35 bits per heavy atom. The number of benzene rings is 3. The molecular weight excluding hydrogens is 681 g/mol. The maximum atomic E-state index is 14.1. The zero-order chi connectivity index (χ0) is 34.8. The summed E-state index contributed by atoms with van der Waals surface area (Å²) in [7, 11) is 0. The van der Waals surface area contributed by atoms with Crippen LogP contribution in [0.1, 0.15) is 43.9 Å². The highest BCUT2D eigenvalue weighted by Crippen LogP contribution is 2.37. The highest BCUT2D eigenvalue weighted by atomic mass is 32.2. The number of thioether (sulfide) groups is 1. The SMILES string of the molecule is CC(C)c1ccc(F)cc1N1C(=O)CS/C1=N\C(=S)NNC(C)c1ccc(-c2ncn(-c3ccc(OC(F)(F)C(F)(F)F)cc3)n2)cc1. The minimum Gasteiger partial charge on any atom is -0.426 e. The van der Waals surface area contributed by atoms with Gasteiger partial charge in [-0.05, 0) is 72.6 Å². The Hall–Kier alpha value is -4.48. The molecule has 252 valence electrons. The molecule has 3 aromatic carbocycles. The zero-order valence-electron chi connectivity index (χ0n) is 25.4. The molecule has 1 fully saturated rings. The van der Waals surface area contributed by atoms with E-state index < -0.39 is 23.9 Å². The van der Waals surface area contributed by atoms with E-state index in [-0.39, 0.29) is 28.7 Å². The van der Waals surface area contributed by atoms with Crippen LogP contribution in [-0.2, 0) is 4.79 Å². The first-order chi connectivity index (χ1) is 22.6. The average molecular weight is 708 g/mol. The molecule has 17 heteroatoms. The van der Waals surface area contributed by atoms with Crippen LogP contribution < -0.4 is 20.5 Å². The number of hydrazine groups is 1. The van der Waals surface area contributed by atoms with Crippen molar-refractivity contribution in [1.29, 1.82) is 0 Å². The van der Waals surface area contributed by atoms with Gasteiger partial charge in [-0.1, -0.05) is 55.9 Å². The Morgan fingerprint density at radius 1 is 1.02 bits per heavy atom. The molecule has 0 bridgehead atoms. The van der Waals surface area contributed by atoms with Gasteiger partial charge in [-0.25, -0.2) is 19.5 Å². The summed E-state index contributed by atoms with van der Waals surface area (Å²) in [6.07, 6.45) is -9.81. The predicted octanol–water partition coefficient (Wildman–Crippen LogP) is 7.31. The standard InChI is InChI=1S/C31H27F6N7O2S2/c1-17(2)24-13-8-21(32)14-25(24)44-26(45)15-48-29(44)39-28(47)41-40-18(3)19-4-6-20(7-5-19)27-38-16-43(42-27)22-9-11-23(12-10-22)46-31(36,37)30(33,34)35/h4-14,16-18,40H,15H2,1-3H3,(H,41,47)/b39-29-. The summed E-state index contributed by atoms with van der Waals surface area (Å²) in [5.74, 6) is -0.828. The van der Waals surface area contributed by atoms with Gasteiger partial charge in [-0.3, -0.25) is 15.1 Å². The van der Waals surface area contributed by atoms with Crippen LogP contribution in [0.4, 0.5) is 32.0 Å². The predicted molar refractivity (Wildman–Crippen MR) is 174 cm³/mol. The third kappa shape index (κ3) is 7.79. The molecule has 1 aliphatic rings. The van der Waals surface area contributed by atoms with Crippen LogP contribution >= 0.6 is 24.0 Å². The second kappa shape index (κ2) is 13.9. The molecule has 1 saturated heterocycles. The van der Waals surface area contributed by atoms with Crippen molar-refractivity contribution in [2.75, 3.05) is 10.7 Å². The van der Waals surface area contributed by atoms with Crippen LogP contribution in [-0.4, -0.2) is 49.0 Å². The maximum absolute atomic E-state index is 14.1. The topological polar surface area (TPSA) is 96.7 Å². The molecule has 4 aromatic rings. The van der Waals surface area contributed by atoms with Gasteiger partial charge >= 0.3 is 12.3 Å². The van der Waals surface area contributed by atoms with Gasteiger partial charge in [-0.2, -0.15) is 26.9 Å². The number of halogens is 6. The second-order valence-corrected chi connectivity index (χ2v) is 12.1. The summed E-state index contributed by atoms with van der Waals surface area (Å²) in [6.45, 7) is 5.79. The largest absolute Gasteiger partial charge is 0.499 e. The second-order valence-electron chi connectivity index (χ2n) is 10.8. The highest BCUT2D eigenvalue weighted by molar-refractivity contribution is 8.15. The van der Waals surface area contributed by atoms with E-state index >= 15 is 0 Å². The first-order valence-electron chi connectivity index (χ1n) is 14.3. The number of carbonyl (C=O) groups excluding carboxylic acids is 1. The molecule has 0 spiro atoms. The van der Waals surface area contributed by atoms with Crippen molar-refractivity contribution in [2.24, 2.45) is 4.99 Å². The van der Waals surface area contributed by atoms with E-state index in [2.05, 4.69) is 30.7 Å². The number of nitrogens with one attached hydrogen (secondary N) is 2. The van der Waals surface area contributed by atoms with Crippen LogP contribution in [0.3, 0.4) is 0 Å². The Labute approximate surface area is 280 Å². The smallest absolute Gasteiger partial charge is 0.426 e. The number of ether oxygens (including phenoxy) is 1. The fourth-order valence-corrected chi connectivity index (χ4v) is 5.63. The number of aliphatic imine (C=N–C) groups is 1. The fraction of sp³-hybridized carbons (Fsp3) is 0.258. The minimum absolute atomic E-state index is 0.0429. The first-order valence-corrected chi connectivity index (χ1v) is 15.7. The van der Waals surface area contributed by atoms with E-state index in [0.29, 0.717) is 27.9 Å².